The maximum atomic E-state index is 12.4. The van der Waals surface area contributed by atoms with E-state index in [0.717, 1.165) is 11.3 Å². The Morgan fingerprint density at radius 3 is 2.95 bits per heavy atom. The van der Waals surface area contributed by atoms with E-state index >= 15 is 0 Å². The van der Waals surface area contributed by atoms with Crippen LogP contribution in [0.3, 0.4) is 0 Å². The number of aromatic amines is 1. The molecule has 3 rings (SSSR count). The van der Waals surface area contributed by atoms with Crippen LogP contribution in [0.5, 0.6) is 0 Å². The van der Waals surface area contributed by atoms with Gasteiger partial charge in [0.15, 0.2) is 10.2 Å². The minimum absolute atomic E-state index is 0.0303. The van der Waals surface area contributed by atoms with Crippen molar-refractivity contribution in [3.63, 3.8) is 0 Å². The second kappa shape index (κ2) is 5.26. The van der Waals surface area contributed by atoms with Crippen molar-refractivity contribution in [1.29, 1.82) is 0 Å². The smallest absolute Gasteiger partial charge is 0.304 e. The van der Waals surface area contributed by atoms with Gasteiger partial charge in [0.1, 0.15) is 5.65 Å². The largest absolute Gasteiger partial charge is 0.315 e. The van der Waals surface area contributed by atoms with Gasteiger partial charge in [0.25, 0.3) is 10.0 Å². The van der Waals surface area contributed by atoms with Crippen LogP contribution < -0.4 is 9.60 Å². The summed E-state index contributed by atoms with van der Waals surface area (Å²) in [6.45, 7) is -0.0303. The molecule has 0 aliphatic rings. The third-order valence-electron chi connectivity index (χ3n) is 2.72. The zero-order chi connectivity index (χ0) is 15.0. The number of nitrogens with one attached hydrogen (secondary N) is 2. The summed E-state index contributed by atoms with van der Waals surface area (Å²) in [5.41, 5.74) is 0.922. The maximum Gasteiger partial charge on any atom is 0.304 e. The first-order chi connectivity index (χ1) is 9.97. The van der Waals surface area contributed by atoms with Crippen LogP contribution in [0, 0.1) is 0 Å². The van der Waals surface area contributed by atoms with Crippen LogP contribution in [0.1, 0.15) is 5.69 Å². The molecule has 3 aromatic rings. The van der Waals surface area contributed by atoms with E-state index in [9.17, 15) is 13.2 Å². The Bertz CT molecular complexity index is 957. The molecule has 0 aliphatic carbocycles. The highest BCUT2D eigenvalue weighted by atomic mass is 35.5. The van der Waals surface area contributed by atoms with Crippen molar-refractivity contribution in [2.45, 2.75) is 11.6 Å². The molecular weight excluding hydrogens is 336 g/mol. The first-order valence-corrected chi connectivity index (χ1v) is 8.50. The lowest BCUT2D eigenvalue weighted by molar-refractivity contribution is 0.575. The first-order valence-electron chi connectivity index (χ1n) is 5.76. The summed E-state index contributed by atoms with van der Waals surface area (Å²) in [6.07, 6.45) is 1.56. The molecule has 0 unspecified atom stereocenters. The summed E-state index contributed by atoms with van der Waals surface area (Å²) in [6, 6.07) is 5.07. The standard InChI is InChI=1S/C11H9ClN4O3S2/c12-9-10(16-4-2-1-3-8(16)15-9)21(18,19)13-5-7-6-20-11(17)14-7/h1-4,6,13H,5H2,(H,14,17). The van der Waals surface area contributed by atoms with Gasteiger partial charge in [-0.2, -0.15) is 0 Å². The number of halogens is 1. The molecule has 0 amide bonds. The predicted octanol–water partition coefficient (Wildman–Crippen LogP) is 1.22. The molecule has 10 heteroatoms. The molecule has 0 atom stereocenters. The summed E-state index contributed by atoms with van der Waals surface area (Å²) >= 11 is 6.90. The fraction of sp³-hybridized carbons (Fsp3) is 0.0909. The van der Waals surface area contributed by atoms with E-state index in [4.69, 9.17) is 11.6 Å². The number of pyridine rings is 1. The van der Waals surface area contributed by atoms with E-state index in [1.165, 1.54) is 4.40 Å². The molecular formula is C11H9ClN4O3S2. The van der Waals surface area contributed by atoms with Gasteiger partial charge in [0, 0.05) is 17.3 Å². The Morgan fingerprint density at radius 2 is 2.24 bits per heavy atom. The van der Waals surface area contributed by atoms with Crippen LogP contribution >= 0.6 is 22.9 Å². The van der Waals surface area contributed by atoms with Gasteiger partial charge < -0.3 is 4.98 Å². The Morgan fingerprint density at radius 1 is 1.43 bits per heavy atom. The van der Waals surface area contributed by atoms with Crippen LogP contribution in [0.15, 0.2) is 39.6 Å². The van der Waals surface area contributed by atoms with Gasteiger partial charge in [-0.15, -0.1) is 0 Å². The monoisotopic (exact) mass is 344 g/mol. The van der Waals surface area contributed by atoms with Crippen LogP contribution in [-0.2, 0) is 16.6 Å². The average molecular weight is 345 g/mol. The lowest BCUT2D eigenvalue weighted by Crippen LogP contribution is -2.25. The third-order valence-corrected chi connectivity index (χ3v) is 5.24. The van der Waals surface area contributed by atoms with Crippen LogP contribution in [0.4, 0.5) is 0 Å². The quantitative estimate of drug-likeness (QED) is 0.743. The Balaban J connectivity index is 1.96. The molecule has 110 valence electrons. The SMILES string of the molecule is O=c1[nH]c(CNS(=O)(=O)c2c(Cl)nc3ccccn23)cs1. The van der Waals surface area contributed by atoms with Crippen molar-refractivity contribution in [2.24, 2.45) is 0 Å². The van der Waals surface area contributed by atoms with Crippen LogP contribution in [0.25, 0.3) is 5.65 Å². The molecule has 7 nitrogen and oxygen atoms in total. The van der Waals surface area contributed by atoms with Gasteiger partial charge in [-0.1, -0.05) is 29.0 Å². The van der Waals surface area contributed by atoms with E-state index in [-0.39, 0.29) is 21.6 Å². The fourth-order valence-corrected chi connectivity index (χ4v) is 4.05. The highest BCUT2D eigenvalue weighted by Crippen LogP contribution is 2.22. The van der Waals surface area contributed by atoms with Gasteiger partial charge in [0.2, 0.25) is 0 Å². The molecule has 0 fully saturated rings. The van der Waals surface area contributed by atoms with Crippen molar-refractivity contribution >= 4 is 38.6 Å². The molecule has 0 aromatic carbocycles. The summed E-state index contributed by atoms with van der Waals surface area (Å²) in [5.74, 6) is 0. The average Bonchev–Trinajstić information content (AvgIpc) is 2.99. The van der Waals surface area contributed by atoms with Gasteiger partial charge in [-0.05, 0) is 12.1 Å². The Kier molecular flexibility index (Phi) is 3.57. The predicted molar refractivity (Wildman–Crippen MR) is 79.2 cm³/mol. The second-order valence-electron chi connectivity index (χ2n) is 4.13. The summed E-state index contributed by atoms with van der Waals surface area (Å²) in [4.78, 5) is 17.3. The molecule has 0 aliphatic heterocycles. The van der Waals surface area contributed by atoms with Gasteiger partial charge in [-0.25, -0.2) is 18.1 Å². The normalized spacial score (nSPS) is 12.0. The van der Waals surface area contributed by atoms with E-state index in [2.05, 4.69) is 14.7 Å². The van der Waals surface area contributed by atoms with E-state index < -0.39 is 10.0 Å². The number of H-pyrrole nitrogens is 1. The zero-order valence-corrected chi connectivity index (χ0v) is 12.8. The van der Waals surface area contributed by atoms with E-state index in [1.54, 1.807) is 29.8 Å². The molecule has 3 heterocycles. The highest BCUT2D eigenvalue weighted by Gasteiger charge is 2.24. The number of thiazole rings is 1. The third kappa shape index (κ3) is 2.72. The van der Waals surface area contributed by atoms with Crippen molar-refractivity contribution in [1.82, 2.24) is 19.1 Å². The maximum absolute atomic E-state index is 12.4. The number of fused-ring (bicyclic) bond motifs is 1. The molecule has 0 radical (unpaired) electrons. The number of aromatic nitrogens is 3. The van der Waals surface area contributed by atoms with E-state index in [1.807, 2.05) is 0 Å². The number of hydrogen-bond acceptors (Lipinski definition) is 5. The summed E-state index contributed by atoms with van der Waals surface area (Å²) < 4.78 is 28.5. The van der Waals surface area contributed by atoms with Crippen LogP contribution in [0.2, 0.25) is 5.15 Å². The topological polar surface area (TPSA) is 96.3 Å². The summed E-state index contributed by atoms with van der Waals surface area (Å²) in [5, 5.41) is 1.32. The van der Waals surface area contributed by atoms with Gasteiger partial charge in [0.05, 0.1) is 6.54 Å². The number of rotatable bonds is 4. The molecule has 0 bridgehead atoms. The Labute approximate surface area is 128 Å². The number of hydrogen-bond donors (Lipinski definition) is 2. The number of nitrogens with zero attached hydrogens (tertiary/aromatic N) is 2. The zero-order valence-electron chi connectivity index (χ0n) is 10.4. The van der Waals surface area contributed by atoms with E-state index in [0.29, 0.717) is 11.3 Å². The molecule has 21 heavy (non-hydrogen) atoms. The Hall–Kier alpha value is -1.68. The van der Waals surface area contributed by atoms with Crippen LogP contribution in [-0.4, -0.2) is 22.8 Å². The molecule has 0 saturated carbocycles. The minimum atomic E-state index is -3.86. The number of sulfonamides is 1. The minimum Gasteiger partial charge on any atom is -0.315 e. The number of imidazole rings is 1. The lowest BCUT2D eigenvalue weighted by atomic mass is 10.5. The molecule has 2 N–H and O–H groups in total. The van der Waals surface area contributed by atoms with Crippen molar-refractivity contribution in [3.8, 4) is 0 Å². The van der Waals surface area contributed by atoms with Gasteiger partial charge >= 0.3 is 4.87 Å². The van der Waals surface area contributed by atoms with Crippen molar-refractivity contribution < 1.29 is 8.42 Å². The molecule has 0 saturated heterocycles. The lowest BCUT2D eigenvalue weighted by Gasteiger charge is -2.05. The fourth-order valence-electron chi connectivity index (χ4n) is 1.83. The first kappa shape index (κ1) is 14.3. The highest BCUT2D eigenvalue weighted by molar-refractivity contribution is 7.89. The van der Waals surface area contributed by atoms with Gasteiger partial charge in [-0.3, -0.25) is 9.20 Å². The van der Waals surface area contributed by atoms with Crippen molar-refractivity contribution in [3.05, 3.63) is 50.3 Å². The summed E-state index contributed by atoms with van der Waals surface area (Å²) in [7, 11) is -3.86. The van der Waals surface area contributed by atoms with Crippen molar-refractivity contribution in [2.75, 3.05) is 0 Å². The molecule has 0 spiro atoms. The second-order valence-corrected chi connectivity index (χ2v) is 7.02. The molecule has 3 aromatic heterocycles.